The number of pyridine rings is 2. The van der Waals surface area contributed by atoms with E-state index in [1.54, 1.807) is 41.4 Å². The summed E-state index contributed by atoms with van der Waals surface area (Å²) in [5.74, 6) is 0.151. The summed E-state index contributed by atoms with van der Waals surface area (Å²) in [7, 11) is 3.69. The largest absolute Gasteiger partial charge is 0.444 e. The Morgan fingerprint density at radius 3 is 2.34 bits per heavy atom. The molecule has 0 aliphatic carbocycles. The van der Waals surface area contributed by atoms with E-state index in [9.17, 15) is 14.4 Å². The molecule has 0 unspecified atom stereocenters. The van der Waals surface area contributed by atoms with E-state index < -0.39 is 17.6 Å². The van der Waals surface area contributed by atoms with E-state index in [1.165, 1.54) is 0 Å². The molecular weight excluding hydrogens is 652 g/mol. The Hall–Kier alpha value is -5.22. The molecule has 0 saturated heterocycles. The van der Waals surface area contributed by atoms with E-state index in [4.69, 9.17) is 27.1 Å². The molecule has 11 heteroatoms. The van der Waals surface area contributed by atoms with Gasteiger partial charge in [0.25, 0.3) is 0 Å². The van der Waals surface area contributed by atoms with E-state index in [1.807, 2.05) is 93.4 Å². The van der Waals surface area contributed by atoms with Crippen LogP contribution in [0, 0.1) is 0 Å². The number of benzene rings is 3. The summed E-state index contributed by atoms with van der Waals surface area (Å²) in [5, 5.41) is 3.28. The molecule has 5 aromatic rings. The van der Waals surface area contributed by atoms with Crippen LogP contribution in [-0.4, -0.2) is 77.0 Å². The molecule has 0 aliphatic rings. The average Bonchev–Trinajstić information content (AvgIpc) is 3.08. The van der Waals surface area contributed by atoms with Crippen molar-refractivity contribution < 1.29 is 19.1 Å². The second-order valence-corrected chi connectivity index (χ2v) is 13.8. The van der Waals surface area contributed by atoms with Gasteiger partial charge in [0.15, 0.2) is 0 Å². The zero-order valence-electron chi connectivity index (χ0n) is 29.1. The highest BCUT2D eigenvalue weighted by Crippen LogP contribution is 2.31. The normalized spacial score (nSPS) is 11.4. The summed E-state index contributed by atoms with van der Waals surface area (Å²) in [6, 6.07) is 22.8. The molecule has 3 amide bonds. The van der Waals surface area contributed by atoms with Crippen molar-refractivity contribution in [1.29, 1.82) is 0 Å². The molecule has 2 aromatic heterocycles. The highest BCUT2D eigenvalue weighted by Gasteiger charge is 2.23. The number of hydrogen-bond acceptors (Lipinski definition) is 7. The van der Waals surface area contributed by atoms with Crippen molar-refractivity contribution >= 4 is 57.0 Å². The van der Waals surface area contributed by atoms with Gasteiger partial charge in [0, 0.05) is 91.4 Å². The molecule has 2 heterocycles. The number of halogens is 1. The number of nitrogens with two attached hydrogens (primary N) is 1. The molecule has 0 fully saturated rings. The molecule has 0 saturated carbocycles. The fraction of sp³-hybridized carbons (Fsp3) is 0.308. The monoisotopic (exact) mass is 694 g/mol. The van der Waals surface area contributed by atoms with Crippen LogP contribution in [0.4, 0.5) is 10.6 Å². The molecule has 0 radical (unpaired) electrons. The summed E-state index contributed by atoms with van der Waals surface area (Å²) >= 11 is 6.67. The first-order valence-electron chi connectivity index (χ1n) is 16.5. The Bertz CT molecular complexity index is 2010. The summed E-state index contributed by atoms with van der Waals surface area (Å²) in [4.78, 5) is 52.7. The Balaban J connectivity index is 1.21. The van der Waals surface area contributed by atoms with Gasteiger partial charge in [0.1, 0.15) is 11.4 Å². The second-order valence-electron chi connectivity index (χ2n) is 13.4. The zero-order valence-corrected chi connectivity index (χ0v) is 29.9. The second kappa shape index (κ2) is 15.6. The maximum absolute atomic E-state index is 13.2. The third kappa shape index (κ3) is 8.87. The van der Waals surface area contributed by atoms with Crippen molar-refractivity contribution in [2.45, 2.75) is 45.8 Å². The molecule has 2 N–H and O–H groups in total. The van der Waals surface area contributed by atoms with Crippen molar-refractivity contribution in [1.82, 2.24) is 19.8 Å². The number of rotatable bonds is 12. The molecule has 0 bridgehead atoms. The lowest BCUT2D eigenvalue weighted by atomic mass is 10.0. The van der Waals surface area contributed by atoms with Gasteiger partial charge in [-0.1, -0.05) is 60.1 Å². The van der Waals surface area contributed by atoms with Gasteiger partial charge in [-0.05, 0) is 62.6 Å². The first-order chi connectivity index (χ1) is 23.8. The summed E-state index contributed by atoms with van der Waals surface area (Å²) in [6.45, 7) is 7.08. The van der Waals surface area contributed by atoms with Crippen LogP contribution in [0.5, 0.6) is 0 Å². The molecule has 0 spiro atoms. The number of fused-ring (bicyclic) bond motifs is 3. The van der Waals surface area contributed by atoms with Gasteiger partial charge in [-0.2, -0.15) is 0 Å². The standard InChI is InChI=1S/C39H43ClN6O4/c1-39(2,3)50-38(49)46(25-26-13-15-29(33(40)22-26)27-10-7-6-8-11-27)19-9-12-35(47)44(4)20-21-45(5)37-31-17-18-42-24-32(31)30-16-14-28(36(41)48)23-34(30)43-37/h6-8,10-11,13-18,22-24H,9,12,19-21,25H2,1-5H3,(H2,41,48). The maximum atomic E-state index is 13.2. The third-order valence-electron chi connectivity index (χ3n) is 8.38. The quantitative estimate of drug-likeness (QED) is 0.136. The fourth-order valence-corrected chi connectivity index (χ4v) is 6.02. The van der Waals surface area contributed by atoms with Gasteiger partial charge in [-0.25, -0.2) is 9.78 Å². The predicted molar refractivity (Wildman–Crippen MR) is 199 cm³/mol. The minimum absolute atomic E-state index is 0.0376. The summed E-state index contributed by atoms with van der Waals surface area (Å²) in [5.41, 5.74) is 8.66. The SMILES string of the molecule is CN(CCN(C)c1nc2cc(C(N)=O)ccc2c2cnccc12)C(=O)CCCN(Cc1ccc(-c2ccccc2)c(Cl)c1)C(=O)OC(C)(C)C. The van der Waals surface area contributed by atoms with Crippen LogP contribution in [0.25, 0.3) is 32.8 Å². The van der Waals surface area contributed by atoms with Gasteiger partial charge in [-0.3, -0.25) is 14.6 Å². The number of anilines is 1. The highest BCUT2D eigenvalue weighted by molar-refractivity contribution is 6.33. The first-order valence-corrected chi connectivity index (χ1v) is 16.9. The number of carbonyl (C=O) groups excluding carboxylic acids is 3. The molecule has 0 atom stereocenters. The molecule has 10 nitrogen and oxygen atoms in total. The molecule has 3 aromatic carbocycles. The van der Waals surface area contributed by atoms with Crippen LogP contribution in [-0.2, 0) is 16.1 Å². The maximum Gasteiger partial charge on any atom is 0.410 e. The number of amides is 3. The van der Waals surface area contributed by atoms with Crippen molar-refractivity contribution in [3.63, 3.8) is 0 Å². The number of likely N-dealkylation sites (N-methyl/N-ethyl adjacent to an activating group) is 2. The van der Waals surface area contributed by atoms with Crippen LogP contribution < -0.4 is 10.6 Å². The van der Waals surface area contributed by atoms with Crippen LogP contribution in [0.1, 0.15) is 49.5 Å². The Morgan fingerprint density at radius 1 is 0.880 bits per heavy atom. The van der Waals surface area contributed by atoms with Crippen LogP contribution in [0.15, 0.2) is 85.2 Å². The van der Waals surface area contributed by atoms with Gasteiger partial charge in [0.2, 0.25) is 11.8 Å². The summed E-state index contributed by atoms with van der Waals surface area (Å²) < 4.78 is 5.70. The van der Waals surface area contributed by atoms with E-state index in [2.05, 4.69) is 4.98 Å². The lowest BCUT2D eigenvalue weighted by molar-refractivity contribution is -0.130. The number of hydrogen-bond donors (Lipinski definition) is 1. The first kappa shape index (κ1) is 36.1. The number of primary amides is 1. The van der Waals surface area contributed by atoms with E-state index >= 15 is 0 Å². The predicted octanol–water partition coefficient (Wildman–Crippen LogP) is 7.31. The van der Waals surface area contributed by atoms with Crippen molar-refractivity contribution in [2.24, 2.45) is 5.73 Å². The van der Waals surface area contributed by atoms with Crippen LogP contribution in [0.2, 0.25) is 5.02 Å². The van der Waals surface area contributed by atoms with Gasteiger partial charge in [0.05, 0.1) is 5.52 Å². The lowest BCUT2D eigenvalue weighted by Gasteiger charge is -2.28. The van der Waals surface area contributed by atoms with Crippen LogP contribution >= 0.6 is 11.6 Å². The minimum Gasteiger partial charge on any atom is -0.444 e. The molecule has 5 rings (SSSR count). The Morgan fingerprint density at radius 2 is 1.64 bits per heavy atom. The van der Waals surface area contributed by atoms with Crippen LogP contribution in [0.3, 0.4) is 0 Å². The molecular formula is C39H43ClN6O4. The smallest absolute Gasteiger partial charge is 0.410 e. The van der Waals surface area contributed by atoms with Gasteiger partial charge < -0.3 is 25.2 Å². The molecule has 0 aliphatic heterocycles. The fourth-order valence-electron chi connectivity index (χ4n) is 5.71. The minimum atomic E-state index is -0.669. The summed E-state index contributed by atoms with van der Waals surface area (Å²) in [6.07, 6.45) is 3.77. The lowest BCUT2D eigenvalue weighted by Crippen LogP contribution is -2.38. The van der Waals surface area contributed by atoms with Gasteiger partial charge in [-0.15, -0.1) is 0 Å². The number of ether oxygens (including phenoxy) is 1. The van der Waals surface area contributed by atoms with Crippen molar-refractivity contribution in [3.8, 4) is 11.1 Å². The van der Waals surface area contributed by atoms with E-state index in [-0.39, 0.29) is 12.3 Å². The van der Waals surface area contributed by atoms with Crippen molar-refractivity contribution in [3.05, 3.63) is 101 Å². The van der Waals surface area contributed by atoms with Gasteiger partial charge >= 0.3 is 6.09 Å². The number of aromatic nitrogens is 2. The molecule has 260 valence electrons. The third-order valence-corrected chi connectivity index (χ3v) is 8.69. The zero-order chi connectivity index (χ0) is 36.0. The molecule has 50 heavy (non-hydrogen) atoms. The average molecular weight is 695 g/mol. The number of carbonyl (C=O) groups is 3. The Labute approximate surface area is 297 Å². The van der Waals surface area contributed by atoms with E-state index in [0.717, 1.165) is 32.8 Å². The highest BCUT2D eigenvalue weighted by atomic mass is 35.5. The van der Waals surface area contributed by atoms with E-state index in [0.29, 0.717) is 54.5 Å². The topological polar surface area (TPSA) is 122 Å². The Kier molecular flexibility index (Phi) is 11.2. The van der Waals surface area contributed by atoms with Crippen molar-refractivity contribution in [2.75, 3.05) is 38.6 Å². The number of nitrogens with zero attached hydrogens (tertiary/aromatic N) is 5.